The second kappa shape index (κ2) is 2.52. The molecule has 0 aliphatic heterocycles. The van der Waals surface area contributed by atoms with E-state index in [0.717, 1.165) is 0 Å². The van der Waals surface area contributed by atoms with Crippen molar-refractivity contribution in [1.82, 2.24) is 0 Å². The molecule has 1 rings (SSSR count). The summed E-state index contributed by atoms with van der Waals surface area (Å²) in [6.07, 6.45) is 1.44. The molecule has 0 saturated heterocycles. The van der Waals surface area contributed by atoms with Gasteiger partial charge in [-0.25, -0.2) is 4.39 Å². The van der Waals surface area contributed by atoms with Crippen molar-refractivity contribution in [2.24, 2.45) is 0 Å². The molecule has 0 unspecified atom stereocenters. The third kappa shape index (κ3) is 1.16. The molecule has 0 atom stereocenters. The van der Waals surface area contributed by atoms with Gasteiger partial charge >= 0.3 is 0 Å². The number of halogens is 1. The second-order valence-corrected chi connectivity index (χ2v) is 1.99. The highest BCUT2D eigenvalue weighted by Crippen LogP contribution is 2.12. The molecule has 0 aromatic heterocycles. The summed E-state index contributed by atoms with van der Waals surface area (Å²) >= 11 is 0. The van der Waals surface area contributed by atoms with Gasteiger partial charge in [-0.05, 0) is 18.2 Å². The summed E-state index contributed by atoms with van der Waals surface area (Å²) in [5.74, 6) is -0.288. The van der Waals surface area contributed by atoms with Crippen molar-refractivity contribution < 1.29 is 4.39 Å². The average molecular weight is 137 g/mol. The molecule has 0 radical (unpaired) electrons. The van der Waals surface area contributed by atoms with Crippen molar-refractivity contribution in [2.75, 3.05) is 5.73 Å². The predicted molar refractivity (Wildman–Crippen MR) is 40.9 cm³/mol. The van der Waals surface area contributed by atoms with E-state index in [-0.39, 0.29) is 5.82 Å². The maximum absolute atomic E-state index is 12.6. The fourth-order valence-electron chi connectivity index (χ4n) is 0.719. The lowest BCUT2D eigenvalue weighted by Crippen LogP contribution is -1.87. The van der Waals surface area contributed by atoms with Crippen molar-refractivity contribution >= 4 is 11.8 Å². The number of nitrogen functional groups attached to an aromatic ring is 1. The highest BCUT2D eigenvalue weighted by Gasteiger charge is 1.95. The summed E-state index contributed by atoms with van der Waals surface area (Å²) < 4.78 is 12.6. The number of hydrogen-bond acceptors (Lipinski definition) is 1. The first-order valence-corrected chi connectivity index (χ1v) is 2.91. The minimum Gasteiger partial charge on any atom is -0.399 e. The maximum Gasteiger partial charge on any atom is 0.130 e. The average Bonchev–Trinajstić information content (AvgIpc) is 1.94. The highest BCUT2D eigenvalue weighted by molar-refractivity contribution is 5.54. The van der Waals surface area contributed by atoms with Crippen LogP contribution in [0.1, 0.15) is 5.56 Å². The largest absolute Gasteiger partial charge is 0.399 e. The molecule has 0 aliphatic rings. The molecule has 0 bridgehead atoms. The lowest BCUT2D eigenvalue weighted by Gasteiger charge is -1.96. The summed E-state index contributed by atoms with van der Waals surface area (Å²) in [6.45, 7) is 3.44. The van der Waals surface area contributed by atoms with Gasteiger partial charge in [-0.1, -0.05) is 12.7 Å². The van der Waals surface area contributed by atoms with Crippen LogP contribution in [0, 0.1) is 5.82 Å². The number of nitrogens with two attached hydrogens (primary N) is 1. The summed E-state index contributed by atoms with van der Waals surface area (Å²) in [5.41, 5.74) is 6.39. The Hall–Kier alpha value is -1.31. The fraction of sp³-hybridized carbons (Fsp3) is 0. The Labute approximate surface area is 59.0 Å². The number of benzene rings is 1. The molecule has 2 heteroatoms. The van der Waals surface area contributed by atoms with Crippen LogP contribution in [-0.2, 0) is 0 Å². The summed E-state index contributed by atoms with van der Waals surface area (Å²) in [7, 11) is 0. The van der Waals surface area contributed by atoms with E-state index in [1.807, 2.05) is 0 Å². The lowest BCUT2D eigenvalue weighted by molar-refractivity contribution is 0.625. The van der Waals surface area contributed by atoms with Crippen LogP contribution >= 0.6 is 0 Å². The van der Waals surface area contributed by atoms with E-state index in [0.29, 0.717) is 11.3 Å². The first-order valence-electron chi connectivity index (χ1n) is 2.91. The van der Waals surface area contributed by atoms with Gasteiger partial charge in [-0.2, -0.15) is 0 Å². The molecular formula is C8H8FN. The molecule has 1 nitrogen and oxygen atoms in total. The van der Waals surface area contributed by atoms with Gasteiger partial charge in [-0.3, -0.25) is 0 Å². The van der Waals surface area contributed by atoms with Crippen LogP contribution < -0.4 is 5.73 Å². The van der Waals surface area contributed by atoms with Crippen molar-refractivity contribution in [1.29, 1.82) is 0 Å². The number of anilines is 1. The Morgan fingerprint density at radius 2 is 2.20 bits per heavy atom. The minimum absolute atomic E-state index is 0.288. The molecule has 10 heavy (non-hydrogen) atoms. The standard InChI is InChI=1S/C8H8FN/c1-2-6-5-7(10)3-4-8(6)9/h2-5H,1,10H2. The van der Waals surface area contributed by atoms with Crippen LogP contribution in [0.25, 0.3) is 6.08 Å². The molecule has 52 valence electrons. The van der Waals surface area contributed by atoms with Crippen LogP contribution in [-0.4, -0.2) is 0 Å². The molecule has 1 aromatic rings. The first-order chi connectivity index (χ1) is 4.74. The van der Waals surface area contributed by atoms with E-state index in [1.165, 1.54) is 18.2 Å². The van der Waals surface area contributed by atoms with Gasteiger partial charge in [0, 0.05) is 11.3 Å². The van der Waals surface area contributed by atoms with E-state index in [1.54, 1.807) is 6.07 Å². The zero-order valence-corrected chi connectivity index (χ0v) is 5.47. The van der Waals surface area contributed by atoms with Crippen molar-refractivity contribution in [3.63, 3.8) is 0 Å². The third-order valence-corrected chi connectivity index (χ3v) is 1.24. The Morgan fingerprint density at radius 3 is 2.70 bits per heavy atom. The summed E-state index contributed by atoms with van der Waals surface area (Å²) in [5, 5.41) is 0. The Balaban J connectivity index is 3.21. The van der Waals surface area contributed by atoms with Gasteiger partial charge in [0.1, 0.15) is 5.82 Å². The van der Waals surface area contributed by atoms with E-state index in [9.17, 15) is 4.39 Å². The van der Waals surface area contributed by atoms with Crippen LogP contribution in [0.15, 0.2) is 24.8 Å². The van der Waals surface area contributed by atoms with Gasteiger partial charge < -0.3 is 5.73 Å². The van der Waals surface area contributed by atoms with Gasteiger partial charge in [0.25, 0.3) is 0 Å². The Morgan fingerprint density at radius 1 is 1.50 bits per heavy atom. The topological polar surface area (TPSA) is 26.0 Å². The van der Waals surface area contributed by atoms with E-state index in [4.69, 9.17) is 5.73 Å². The van der Waals surface area contributed by atoms with Gasteiger partial charge in [-0.15, -0.1) is 0 Å². The molecule has 0 saturated carbocycles. The molecule has 0 fully saturated rings. The fourth-order valence-corrected chi connectivity index (χ4v) is 0.719. The second-order valence-electron chi connectivity index (χ2n) is 1.99. The minimum atomic E-state index is -0.288. The third-order valence-electron chi connectivity index (χ3n) is 1.24. The lowest BCUT2D eigenvalue weighted by atomic mass is 10.2. The highest BCUT2D eigenvalue weighted by atomic mass is 19.1. The normalized spacial score (nSPS) is 9.30. The zero-order valence-electron chi connectivity index (χ0n) is 5.47. The maximum atomic E-state index is 12.6. The van der Waals surface area contributed by atoms with Crippen LogP contribution in [0.2, 0.25) is 0 Å². The molecule has 0 aliphatic carbocycles. The molecule has 2 N–H and O–H groups in total. The quantitative estimate of drug-likeness (QED) is 0.589. The monoisotopic (exact) mass is 137 g/mol. The Kier molecular flexibility index (Phi) is 1.71. The van der Waals surface area contributed by atoms with Crippen LogP contribution in [0.4, 0.5) is 10.1 Å². The van der Waals surface area contributed by atoms with Crippen molar-refractivity contribution in [3.8, 4) is 0 Å². The summed E-state index contributed by atoms with van der Waals surface area (Å²) in [6, 6.07) is 4.39. The smallest absolute Gasteiger partial charge is 0.130 e. The molecule has 0 heterocycles. The molecular weight excluding hydrogens is 129 g/mol. The summed E-state index contributed by atoms with van der Waals surface area (Å²) in [4.78, 5) is 0. The zero-order chi connectivity index (χ0) is 7.56. The van der Waals surface area contributed by atoms with Crippen molar-refractivity contribution in [2.45, 2.75) is 0 Å². The predicted octanol–water partition coefficient (Wildman–Crippen LogP) is 2.05. The van der Waals surface area contributed by atoms with Crippen LogP contribution in [0.3, 0.4) is 0 Å². The van der Waals surface area contributed by atoms with Gasteiger partial charge in [0.15, 0.2) is 0 Å². The Bertz CT molecular complexity index is 255. The SMILES string of the molecule is C=Cc1cc(N)ccc1F. The van der Waals surface area contributed by atoms with Crippen LogP contribution in [0.5, 0.6) is 0 Å². The molecule has 0 amide bonds. The number of hydrogen-bond donors (Lipinski definition) is 1. The van der Waals surface area contributed by atoms with E-state index in [2.05, 4.69) is 6.58 Å². The molecule has 1 aromatic carbocycles. The first kappa shape index (κ1) is 6.81. The van der Waals surface area contributed by atoms with E-state index >= 15 is 0 Å². The number of rotatable bonds is 1. The van der Waals surface area contributed by atoms with Crippen molar-refractivity contribution in [3.05, 3.63) is 36.2 Å². The molecule has 0 spiro atoms. The van der Waals surface area contributed by atoms with E-state index < -0.39 is 0 Å². The van der Waals surface area contributed by atoms with Gasteiger partial charge in [0.2, 0.25) is 0 Å². The van der Waals surface area contributed by atoms with Gasteiger partial charge in [0.05, 0.1) is 0 Å².